The Morgan fingerprint density at radius 1 is 1.02 bits per heavy atom. The summed E-state index contributed by atoms with van der Waals surface area (Å²) < 4.78 is 20.5. The summed E-state index contributed by atoms with van der Waals surface area (Å²) in [6.45, 7) is 2.28. The Kier molecular flexibility index (Phi) is 8.79. The highest BCUT2D eigenvalue weighted by Gasteiger charge is 2.29. The van der Waals surface area contributed by atoms with Crippen molar-refractivity contribution >= 4 is 29.0 Å². The highest BCUT2D eigenvalue weighted by molar-refractivity contribution is 6.38. The van der Waals surface area contributed by atoms with Crippen LogP contribution in [-0.2, 0) is 13.6 Å². The van der Waals surface area contributed by atoms with Gasteiger partial charge >= 0.3 is 0 Å². The van der Waals surface area contributed by atoms with E-state index in [2.05, 4.69) is 27.0 Å². The largest absolute Gasteiger partial charge is 0.504 e. The molecule has 6 rings (SSSR count). The van der Waals surface area contributed by atoms with Gasteiger partial charge in [-0.15, -0.1) is 0 Å². The zero-order chi connectivity index (χ0) is 31.5. The third kappa shape index (κ3) is 6.83. The van der Waals surface area contributed by atoms with Crippen LogP contribution in [0.15, 0.2) is 85.2 Å². The van der Waals surface area contributed by atoms with Gasteiger partial charge in [-0.2, -0.15) is 4.98 Å². The maximum atomic E-state index is 10.5. The lowest BCUT2D eigenvalue weighted by Crippen LogP contribution is -2.24. The minimum Gasteiger partial charge on any atom is -0.504 e. The number of nitrogens with one attached hydrogen (secondary N) is 1. The van der Waals surface area contributed by atoms with Crippen molar-refractivity contribution in [3.8, 4) is 46.1 Å². The topological polar surface area (TPSA) is 132 Å². The number of aromatic hydroxyl groups is 1. The van der Waals surface area contributed by atoms with E-state index in [-0.39, 0.29) is 51.0 Å². The molecular formula is C33H30Cl2N6O4. The number of hydrogen-bond donors (Lipinski definition) is 3. The van der Waals surface area contributed by atoms with E-state index in [0.717, 1.165) is 30.9 Å². The first kappa shape index (κ1) is 30.3. The second-order valence-corrected chi connectivity index (χ2v) is 11.4. The number of amidine groups is 1. The minimum atomic E-state index is -0.215. The van der Waals surface area contributed by atoms with E-state index in [0.29, 0.717) is 17.9 Å². The summed E-state index contributed by atoms with van der Waals surface area (Å²) in [6, 6.07) is 21.9. The van der Waals surface area contributed by atoms with Gasteiger partial charge in [-0.25, -0.2) is 4.98 Å². The predicted octanol–water partition coefficient (Wildman–Crippen LogP) is 7.02. The summed E-state index contributed by atoms with van der Waals surface area (Å²) in [4.78, 5) is 11.2. The third-order valence-electron chi connectivity index (χ3n) is 7.35. The molecule has 5 aromatic rings. The zero-order valence-electron chi connectivity index (χ0n) is 24.3. The van der Waals surface area contributed by atoms with Gasteiger partial charge in [0.05, 0.1) is 0 Å². The predicted molar refractivity (Wildman–Crippen MR) is 173 cm³/mol. The Morgan fingerprint density at radius 2 is 1.80 bits per heavy atom. The van der Waals surface area contributed by atoms with Crippen molar-refractivity contribution in [3.63, 3.8) is 0 Å². The smallest absolute Gasteiger partial charge is 0.245 e. The fourth-order valence-corrected chi connectivity index (χ4v) is 5.57. The van der Waals surface area contributed by atoms with Crippen molar-refractivity contribution in [2.45, 2.75) is 19.1 Å². The monoisotopic (exact) mass is 644 g/mol. The van der Waals surface area contributed by atoms with Gasteiger partial charge in [0.2, 0.25) is 11.8 Å². The number of aryl methyl sites for hydroxylation is 1. The molecule has 1 aliphatic heterocycles. The second-order valence-electron chi connectivity index (χ2n) is 10.6. The highest BCUT2D eigenvalue weighted by atomic mass is 35.5. The van der Waals surface area contributed by atoms with E-state index in [4.69, 9.17) is 48.6 Å². The fourth-order valence-electron chi connectivity index (χ4n) is 5.09. The average molecular weight is 646 g/mol. The van der Waals surface area contributed by atoms with Crippen molar-refractivity contribution in [2.24, 2.45) is 12.8 Å². The molecule has 0 spiro atoms. The molecule has 1 fully saturated rings. The quantitative estimate of drug-likeness (QED) is 0.109. The van der Waals surface area contributed by atoms with Crippen LogP contribution in [0.4, 0.5) is 0 Å². The number of halogens is 2. The molecule has 3 aromatic carbocycles. The fraction of sp³-hybridized carbons (Fsp3) is 0.182. The molecule has 1 atom stereocenters. The number of aromatic nitrogens is 3. The van der Waals surface area contributed by atoms with Crippen LogP contribution in [0.1, 0.15) is 17.5 Å². The van der Waals surface area contributed by atoms with Gasteiger partial charge in [-0.05, 0) is 42.3 Å². The Labute approximate surface area is 270 Å². The second kappa shape index (κ2) is 13.1. The average Bonchev–Trinajstić information content (AvgIpc) is 3.67. The van der Waals surface area contributed by atoms with Crippen molar-refractivity contribution in [3.05, 3.63) is 106 Å². The van der Waals surface area contributed by atoms with Gasteiger partial charge in [-0.3, -0.25) is 10.3 Å². The zero-order valence-corrected chi connectivity index (χ0v) is 25.8. The van der Waals surface area contributed by atoms with E-state index in [9.17, 15) is 5.11 Å². The van der Waals surface area contributed by atoms with E-state index < -0.39 is 0 Å². The Balaban J connectivity index is 1.33. The molecule has 3 heterocycles. The number of imidazole rings is 1. The van der Waals surface area contributed by atoms with Crippen LogP contribution in [0.2, 0.25) is 10.0 Å². The molecule has 0 radical (unpaired) electrons. The molecule has 0 amide bonds. The van der Waals surface area contributed by atoms with Gasteiger partial charge in [0.25, 0.3) is 0 Å². The maximum absolute atomic E-state index is 10.5. The molecule has 2 aromatic heterocycles. The van der Waals surface area contributed by atoms with E-state index in [1.807, 2.05) is 54.2 Å². The van der Waals surface area contributed by atoms with Crippen molar-refractivity contribution in [1.82, 2.24) is 19.4 Å². The standard InChI is InChI=1S/C33H30Cl2N6O4/c1-40-15-13-38-31(40)22-8-5-9-23(16-22)44-32-27(34)29(43-24-12-14-41(19-24)18-20-6-3-2-4-7-20)28(35)33(39-32)45-26-17-21(30(36)37)10-11-25(26)42/h2-11,13,15-17,24,42H,12,14,18-19H2,1H3,(H3,36,37). The number of hydrogen-bond acceptors (Lipinski definition) is 8. The number of nitrogen functional groups attached to an aromatic ring is 1. The number of ether oxygens (including phenoxy) is 3. The molecule has 230 valence electrons. The molecule has 0 bridgehead atoms. The lowest BCUT2D eigenvalue weighted by molar-refractivity contribution is 0.197. The molecule has 1 aliphatic rings. The summed E-state index contributed by atoms with van der Waals surface area (Å²) >= 11 is 13.7. The van der Waals surface area contributed by atoms with E-state index >= 15 is 0 Å². The number of nitrogens with zero attached hydrogens (tertiary/aromatic N) is 4. The van der Waals surface area contributed by atoms with Crippen molar-refractivity contribution in [1.29, 1.82) is 5.41 Å². The number of phenols is 1. The first-order chi connectivity index (χ1) is 21.7. The number of rotatable bonds is 10. The molecule has 0 aliphatic carbocycles. The Morgan fingerprint density at radius 3 is 2.53 bits per heavy atom. The summed E-state index contributed by atoms with van der Waals surface area (Å²) in [5.41, 5.74) is 8.04. The van der Waals surface area contributed by atoms with Crippen molar-refractivity contribution in [2.75, 3.05) is 13.1 Å². The van der Waals surface area contributed by atoms with E-state index in [1.54, 1.807) is 12.3 Å². The normalized spacial score (nSPS) is 14.8. The Hall–Kier alpha value is -4.77. The third-order valence-corrected chi connectivity index (χ3v) is 8.01. The Bertz CT molecular complexity index is 1850. The van der Waals surface area contributed by atoms with Crippen LogP contribution in [0.25, 0.3) is 11.4 Å². The van der Waals surface area contributed by atoms with Crippen LogP contribution in [-0.4, -0.2) is 49.6 Å². The van der Waals surface area contributed by atoms with Crippen LogP contribution in [0.5, 0.6) is 34.8 Å². The molecule has 45 heavy (non-hydrogen) atoms. The minimum absolute atomic E-state index is 0.00301. The van der Waals surface area contributed by atoms with Gasteiger partial charge in [0.1, 0.15) is 33.6 Å². The maximum Gasteiger partial charge on any atom is 0.245 e. The van der Waals surface area contributed by atoms with Crippen LogP contribution in [0.3, 0.4) is 0 Å². The SMILES string of the molecule is Cn1ccnc1-c1cccc(Oc2nc(Oc3cc(C(=N)N)ccc3O)c(Cl)c(OC3CCN(Cc4ccccc4)C3)c2Cl)c1. The summed E-state index contributed by atoms with van der Waals surface area (Å²) in [5.74, 6) is 0.817. The molecule has 0 saturated carbocycles. The molecule has 10 nitrogen and oxygen atoms in total. The molecular weight excluding hydrogens is 615 g/mol. The lowest BCUT2D eigenvalue weighted by atomic mass is 10.2. The molecule has 1 saturated heterocycles. The summed E-state index contributed by atoms with van der Waals surface area (Å²) in [5, 5.41) is 18.4. The number of phenolic OH excluding ortho intramolecular Hbond substituents is 1. The molecule has 1 unspecified atom stereocenters. The van der Waals surface area contributed by atoms with E-state index in [1.165, 1.54) is 23.8 Å². The lowest BCUT2D eigenvalue weighted by Gasteiger charge is -2.20. The molecule has 12 heteroatoms. The summed E-state index contributed by atoms with van der Waals surface area (Å²) in [7, 11) is 1.90. The molecule has 4 N–H and O–H groups in total. The number of benzene rings is 3. The van der Waals surface area contributed by atoms with Gasteiger partial charge < -0.3 is 29.6 Å². The number of nitrogens with two attached hydrogens (primary N) is 1. The highest BCUT2D eigenvalue weighted by Crippen LogP contribution is 2.47. The van der Waals surface area contributed by atoms with Crippen molar-refractivity contribution < 1.29 is 19.3 Å². The van der Waals surface area contributed by atoms with Crippen LogP contribution in [0, 0.1) is 5.41 Å². The summed E-state index contributed by atoms with van der Waals surface area (Å²) in [6.07, 6.45) is 4.11. The first-order valence-electron chi connectivity index (χ1n) is 14.2. The van der Waals surface area contributed by atoms with Gasteiger partial charge in [0.15, 0.2) is 17.2 Å². The van der Waals surface area contributed by atoms with Gasteiger partial charge in [-0.1, -0.05) is 65.7 Å². The number of likely N-dealkylation sites (tertiary alicyclic amines) is 1. The van der Waals surface area contributed by atoms with Crippen LogP contribution >= 0.6 is 23.2 Å². The first-order valence-corrected chi connectivity index (χ1v) is 14.9. The van der Waals surface area contributed by atoms with Crippen LogP contribution < -0.4 is 19.9 Å². The van der Waals surface area contributed by atoms with Gasteiger partial charge in [0, 0.05) is 50.2 Å². The number of pyridine rings is 1.